The topological polar surface area (TPSA) is 26.3 Å². The fraction of sp³-hybridized carbons (Fsp3) is 0.897. The molecule has 0 aromatic rings. The zero-order valence-electron chi connectivity index (χ0n) is 21.2. The summed E-state index contributed by atoms with van der Waals surface area (Å²) >= 11 is 0. The van der Waals surface area contributed by atoms with Crippen LogP contribution in [0.25, 0.3) is 0 Å². The molecule has 2 heteroatoms. The Bertz CT molecular complexity index is 680. The van der Waals surface area contributed by atoms with Gasteiger partial charge in [-0.15, -0.1) is 0 Å². The summed E-state index contributed by atoms with van der Waals surface area (Å²) in [5.74, 6) is 5.59. The minimum atomic E-state index is -0.112. The smallest absolute Gasteiger partial charge is 0.302 e. The lowest BCUT2D eigenvalue weighted by Crippen LogP contribution is -2.52. The molecule has 3 saturated carbocycles. The van der Waals surface area contributed by atoms with Crippen molar-refractivity contribution in [3.8, 4) is 0 Å². The van der Waals surface area contributed by atoms with E-state index < -0.39 is 0 Å². The number of hydrogen-bond donors (Lipinski definition) is 0. The van der Waals surface area contributed by atoms with Crippen LogP contribution < -0.4 is 0 Å². The monoisotopic (exact) mass is 428 g/mol. The van der Waals surface area contributed by atoms with Crippen LogP contribution in [0.5, 0.6) is 0 Å². The Hall–Kier alpha value is -0.790. The molecular formula is C29H48O2. The van der Waals surface area contributed by atoms with E-state index in [2.05, 4.69) is 46.8 Å². The van der Waals surface area contributed by atoms with Crippen LogP contribution in [-0.4, -0.2) is 12.1 Å². The van der Waals surface area contributed by atoms with Gasteiger partial charge in [0.2, 0.25) is 0 Å². The number of hydrogen-bond acceptors (Lipinski definition) is 2. The molecule has 0 aliphatic heterocycles. The molecule has 0 bridgehead atoms. The van der Waals surface area contributed by atoms with Crippen molar-refractivity contribution in [2.75, 3.05) is 0 Å². The second kappa shape index (κ2) is 8.86. The van der Waals surface area contributed by atoms with E-state index in [1.165, 1.54) is 51.4 Å². The van der Waals surface area contributed by atoms with Crippen LogP contribution in [0.2, 0.25) is 0 Å². The van der Waals surface area contributed by atoms with E-state index in [-0.39, 0.29) is 12.1 Å². The predicted molar refractivity (Wildman–Crippen MR) is 129 cm³/mol. The quantitative estimate of drug-likeness (QED) is 0.318. The largest absolute Gasteiger partial charge is 0.463 e. The van der Waals surface area contributed by atoms with Gasteiger partial charge in [-0.25, -0.2) is 0 Å². The standard InChI is InChI=1S/C29H48O2/c1-19(2)8-7-9-20(3)25-12-13-26-24-11-10-22-18-23(31-21(4)30)14-16-28(22,5)27(24)15-17-29(25,26)6/h10-11,19-20,22-27H,7-9,12-18H2,1-6H3/t20-,22?,23+,24+,25-,26+,27+,28+,29-/m1/s1. The highest BCUT2D eigenvalue weighted by Gasteiger charge is 2.59. The molecule has 0 aromatic carbocycles. The van der Waals surface area contributed by atoms with E-state index in [0.717, 1.165) is 48.3 Å². The molecule has 31 heavy (non-hydrogen) atoms. The summed E-state index contributed by atoms with van der Waals surface area (Å²) in [6.45, 7) is 14.1. The third-order valence-electron chi connectivity index (χ3n) is 10.6. The average molecular weight is 429 g/mol. The lowest BCUT2D eigenvalue weighted by atomic mass is 9.46. The molecule has 176 valence electrons. The van der Waals surface area contributed by atoms with Gasteiger partial charge in [-0.1, -0.05) is 66.0 Å². The number of allylic oxidation sites excluding steroid dienone is 2. The Balaban J connectivity index is 1.47. The molecule has 0 radical (unpaired) electrons. The predicted octanol–water partition coefficient (Wildman–Crippen LogP) is 7.82. The summed E-state index contributed by atoms with van der Waals surface area (Å²) in [6, 6.07) is 0. The van der Waals surface area contributed by atoms with Gasteiger partial charge in [0.15, 0.2) is 0 Å². The number of rotatable bonds is 6. The van der Waals surface area contributed by atoms with Gasteiger partial charge in [-0.05, 0) is 97.2 Å². The molecule has 3 fully saturated rings. The van der Waals surface area contributed by atoms with Crippen molar-refractivity contribution >= 4 is 5.97 Å². The summed E-state index contributed by atoms with van der Waals surface area (Å²) in [7, 11) is 0. The Labute approximate surface area is 192 Å². The van der Waals surface area contributed by atoms with Gasteiger partial charge < -0.3 is 4.74 Å². The molecule has 0 N–H and O–H groups in total. The zero-order valence-corrected chi connectivity index (χ0v) is 21.2. The lowest BCUT2D eigenvalue weighted by molar-refractivity contribution is -0.153. The molecule has 0 spiro atoms. The Morgan fingerprint density at radius 1 is 0.968 bits per heavy atom. The summed E-state index contributed by atoms with van der Waals surface area (Å²) < 4.78 is 5.62. The molecular weight excluding hydrogens is 380 g/mol. The molecule has 0 saturated heterocycles. The molecule has 4 rings (SSSR count). The zero-order chi connectivity index (χ0) is 22.4. The first-order valence-electron chi connectivity index (χ1n) is 13.5. The molecule has 4 aliphatic carbocycles. The second-order valence-corrected chi connectivity index (χ2v) is 12.8. The Morgan fingerprint density at radius 3 is 2.39 bits per heavy atom. The molecule has 9 atom stereocenters. The molecule has 2 nitrogen and oxygen atoms in total. The van der Waals surface area contributed by atoms with Crippen molar-refractivity contribution in [3.05, 3.63) is 12.2 Å². The second-order valence-electron chi connectivity index (χ2n) is 12.8. The van der Waals surface area contributed by atoms with Crippen molar-refractivity contribution in [1.82, 2.24) is 0 Å². The van der Waals surface area contributed by atoms with Crippen LogP contribution in [0.15, 0.2) is 12.2 Å². The van der Waals surface area contributed by atoms with E-state index in [1.807, 2.05) is 0 Å². The highest BCUT2D eigenvalue weighted by molar-refractivity contribution is 5.66. The first kappa shape index (κ1) is 23.4. The fourth-order valence-corrected chi connectivity index (χ4v) is 8.95. The first-order valence-corrected chi connectivity index (χ1v) is 13.5. The SMILES string of the molecule is CC(=O)O[C@H]1CC[C@@]2(C)C(C=C[C@H]3[C@@H]4CC[C@H]([C@H](C)CCCC(C)C)[C@@]4(C)CC[C@@H]32)C1. The molecule has 4 aliphatic rings. The van der Waals surface area contributed by atoms with Crippen LogP contribution in [0.3, 0.4) is 0 Å². The average Bonchev–Trinajstić information content (AvgIpc) is 3.05. The van der Waals surface area contributed by atoms with E-state index >= 15 is 0 Å². The number of esters is 1. The van der Waals surface area contributed by atoms with Gasteiger partial charge in [0.25, 0.3) is 0 Å². The van der Waals surface area contributed by atoms with E-state index in [0.29, 0.717) is 16.7 Å². The van der Waals surface area contributed by atoms with Crippen LogP contribution in [-0.2, 0) is 9.53 Å². The summed E-state index contributed by atoms with van der Waals surface area (Å²) in [6.07, 6.45) is 18.6. The third kappa shape index (κ3) is 4.26. The fourth-order valence-electron chi connectivity index (χ4n) is 8.95. The lowest BCUT2D eigenvalue weighted by Gasteiger charge is -2.59. The van der Waals surface area contributed by atoms with Gasteiger partial charge in [-0.2, -0.15) is 0 Å². The highest BCUT2D eigenvalue weighted by Crippen LogP contribution is 2.67. The maximum absolute atomic E-state index is 11.5. The summed E-state index contributed by atoms with van der Waals surface area (Å²) in [4.78, 5) is 11.5. The van der Waals surface area contributed by atoms with Crippen molar-refractivity contribution in [2.24, 2.45) is 52.3 Å². The number of fused-ring (bicyclic) bond motifs is 5. The molecule has 0 amide bonds. The first-order chi connectivity index (χ1) is 14.6. The Morgan fingerprint density at radius 2 is 1.68 bits per heavy atom. The van der Waals surface area contributed by atoms with Gasteiger partial charge in [-0.3, -0.25) is 4.79 Å². The number of ether oxygens (including phenoxy) is 1. The van der Waals surface area contributed by atoms with Crippen LogP contribution in [0, 0.1) is 52.3 Å². The van der Waals surface area contributed by atoms with Gasteiger partial charge in [0.1, 0.15) is 6.10 Å². The highest BCUT2D eigenvalue weighted by atomic mass is 16.5. The van der Waals surface area contributed by atoms with E-state index in [9.17, 15) is 4.79 Å². The van der Waals surface area contributed by atoms with Crippen LogP contribution >= 0.6 is 0 Å². The van der Waals surface area contributed by atoms with Crippen LogP contribution in [0.1, 0.15) is 106 Å². The van der Waals surface area contributed by atoms with Gasteiger partial charge >= 0.3 is 5.97 Å². The normalized spacial score (nSPS) is 45.0. The van der Waals surface area contributed by atoms with Crippen molar-refractivity contribution < 1.29 is 9.53 Å². The van der Waals surface area contributed by atoms with Crippen molar-refractivity contribution in [1.29, 1.82) is 0 Å². The Kier molecular flexibility index (Phi) is 6.68. The minimum absolute atomic E-state index is 0.112. The number of carbonyl (C=O) groups excluding carboxylic acids is 1. The van der Waals surface area contributed by atoms with Crippen LogP contribution in [0.4, 0.5) is 0 Å². The van der Waals surface area contributed by atoms with Crippen molar-refractivity contribution in [3.63, 3.8) is 0 Å². The third-order valence-corrected chi connectivity index (χ3v) is 10.6. The molecule has 1 unspecified atom stereocenters. The maximum Gasteiger partial charge on any atom is 0.302 e. The minimum Gasteiger partial charge on any atom is -0.463 e. The van der Waals surface area contributed by atoms with Gasteiger partial charge in [0.05, 0.1) is 0 Å². The number of carbonyl (C=O) groups is 1. The van der Waals surface area contributed by atoms with E-state index in [1.54, 1.807) is 6.92 Å². The van der Waals surface area contributed by atoms with Gasteiger partial charge in [0, 0.05) is 6.92 Å². The molecule has 0 heterocycles. The summed E-state index contributed by atoms with van der Waals surface area (Å²) in [5.41, 5.74) is 0.944. The maximum atomic E-state index is 11.5. The van der Waals surface area contributed by atoms with Crippen molar-refractivity contribution in [2.45, 2.75) is 112 Å². The van der Waals surface area contributed by atoms with E-state index in [4.69, 9.17) is 4.74 Å². The summed E-state index contributed by atoms with van der Waals surface area (Å²) in [5, 5.41) is 0. The molecule has 0 aromatic heterocycles.